The first-order valence-corrected chi connectivity index (χ1v) is 8.45. The van der Waals surface area contributed by atoms with Crippen molar-refractivity contribution in [1.29, 1.82) is 0 Å². The van der Waals surface area contributed by atoms with E-state index in [-0.39, 0.29) is 12.1 Å². The number of anilines is 1. The van der Waals surface area contributed by atoms with E-state index in [9.17, 15) is 4.79 Å². The van der Waals surface area contributed by atoms with Crippen LogP contribution in [0.2, 0.25) is 10.0 Å². The molecule has 1 aliphatic rings. The van der Waals surface area contributed by atoms with E-state index in [0.717, 1.165) is 13.0 Å². The van der Waals surface area contributed by atoms with Gasteiger partial charge in [0.25, 0.3) is 0 Å². The largest absolute Gasteiger partial charge is 0.345 e. The lowest BCUT2D eigenvalue weighted by atomic mass is 10.1. The highest BCUT2D eigenvalue weighted by Crippen LogP contribution is 2.32. The third kappa shape index (κ3) is 3.06. The summed E-state index contributed by atoms with van der Waals surface area (Å²) in [4.78, 5) is 14.6. The molecular weight excluding hydrogens is 333 g/mol. The highest BCUT2D eigenvalue weighted by molar-refractivity contribution is 6.35. The van der Waals surface area contributed by atoms with Gasteiger partial charge in [0.05, 0.1) is 16.8 Å². The van der Waals surface area contributed by atoms with E-state index in [0.29, 0.717) is 22.3 Å². The zero-order chi connectivity index (χ0) is 16.6. The normalized spacial score (nSPS) is 17.0. The number of benzene rings is 1. The van der Waals surface area contributed by atoms with E-state index in [4.69, 9.17) is 23.2 Å². The van der Waals surface area contributed by atoms with Crippen molar-refractivity contribution >= 4 is 34.9 Å². The molecule has 1 aromatic heterocycles. The van der Waals surface area contributed by atoms with Crippen LogP contribution in [0.1, 0.15) is 30.8 Å². The number of aryl methyl sites for hydroxylation is 1. The summed E-state index contributed by atoms with van der Waals surface area (Å²) >= 11 is 12.1. The minimum Gasteiger partial charge on any atom is -0.345 e. The molecule has 1 atom stereocenters. The average molecular weight is 352 g/mol. The van der Waals surface area contributed by atoms with Crippen molar-refractivity contribution in [2.24, 2.45) is 0 Å². The average Bonchev–Trinajstić information content (AvgIpc) is 2.91. The Labute approximate surface area is 146 Å². The Morgan fingerprint density at radius 3 is 2.78 bits per heavy atom. The van der Waals surface area contributed by atoms with E-state index in [1.54, 1.807) is 18.2 Å². The molecule has 6 heteroatoms. The van der Waals surface area contributed by atoms with Gasteiger partial charge in [0, 0.05) is 29.5 Å². The molecule has 0 saturated heterocycles. The van der Waals surface area contributed by atoms with Gasteiger partial charge in [0.1, 0.15) is 0 Å². The third-order valence-corrected chi connectivity index (χ3v) is 4.90. The molecule has 1 aliphatic heterocycles. The quantitative estimate of drug-likeness (QED) is 0.802. The van der Waals surface area contributed by atoms with Crippen LogP contribution in [0.15, 0.2) is 30.3 Å². The molecule has 0 radical (unpaired) electrons. The predicted molar refractivity (Wildman–Crippen MR) is 94.4 cm³/mol. The number of fused-ring (bicyclic) bond motifs is 1. The zero-order valence-corrected chi connectivity index (χ0v) is 14.7. The first-order valence-electron chi connectivity index (χ1n) is 7.70. The predicted octanol–water partition coefficient (Wildman–Crippen LogP) is 5.10. The molecule has 2 amide bonds. The molecule has 0 fully saturated rings. The molecule has 4 nitrogen and oxygen atoms in total. The van der Waals surface area contributed by atoms with Gasteiger partial charge in [-0.05, 0) is 43.7 Å². The SMILES string of the molecule is CC[C@H]1c2ccc(C)n2CCN1C(=O)Nc1cc(Cl)ccc1Cl. The van der Waals surface area contributed by atoms with Crippen molar-refractivity contribution in [3.8, 4) is 0 Å². The molecule has 23 heavy (non-hydrogen) atoms. The minimum absolute atomic E-state index is 0.0652. The summed E-state index contributed by atoms with van der Waals surface area (Å²) in [6.45, 7) is 5.67. The van der Waals surface area contributed by atoms with E-state index < -0.39 is 0 Å². The lowest BCUT2D eigenvalue weighted by Crippen LogP contribution is -2.44. The van der Waals surface area contributed by atoms with Crippen molar-refractivity contribution in [3.63, 3.8) is 0 Å². The smallest absolute Gasteiger partial charge is 0.322 e. The van der Waals surface area contributed by atoms with Crippen molar-refractivity contribution < 1.29 is 4.79 Å². The third-order valence-electron chi connectivity index (χ3n) is 4.33. The van der Waals surface area contributed by atoms with Gasteiger partial charge in [0.2, 0.25) is 0 Å². The van der Waals surface area contributed by atoms with Crippen LogP contribution in [-0.4, -0.2) is 22.0 Å². The molecule has 1 aromatic carbocycles. The zero-order valence-electron chi connectivity index (χ0n) is 13.1. The van der Waals surface area contributed by atoms with Gasteiger partial charge >= 0.3 is 6.03 Å². The number of hydrogen-bond acceptors (Lipinski definition) is 1. The maximum Gasteiger partial charge on any atom is 0.322 e. The number of halogens is 2. The van der Waals surface area contributed by atoms with Crippen LogP contribution in [0.4, 0.5) is 10.5 Å². The topological polar surface area (TPSA) is 37.3 Å². The number of nitrogens with one attached hydrogen (secondary N) is 1. The van der Waals surface area contributed by atoms with E-state index in [1.165, 1.54) is 11.4 Å². The summed E-state index contributed by atoms with van der Waals surface area (Å²) in [5.41, 5.74) is 2.95. The fourth-order valence-electron chi connectivity index (χ4n) is 3.16. The Hall–Kier alpha value is -1.65. The second-order valence-electron chi connectivity index (χ2n) is 5.72. The summed E-state index contributed by atoms with van der Waals surface area (Å²) in [5.74, 6) is 0. The van der Waals surface area contributed by atoms with E-state index in [2.05, 4.69) is 35.9 Å². The monoisotopic (exact) mass is 351 g/mol. The van der Waals surface area contributed by atoms with Gasteiger partial charge in [0.15, 0.2) is 0 Å². The fourth-order valence-corrected chi connectivity index (χ4v) is 3.50. The van der Waals surface area contributed by atoms with E-state index in [1.807, 2.05) is 4.90 Å². The lowest BCUT2D eigenvalue weighted by Gasteiger charge is -2.37. The first kappa shape index (κ1) is 16.2. The molecule has 1 N–H and O–H groups in total. The van der Waals surface area contributed by atoms with Crippen molar-refractivity contribution in [2.45, 2.75) is 32.9 Å². The molecule has 0 spiro atoms. The van der Waals surface area contributed by atoms with Gasteiger partial charge in [-0.25, -0.2) is 4.79 Å². The summed E-state index contributed by atoms with van der Waals surface area (Å²) in [5, 5.41) is 3.90. The standard InChI is InChI=1S/C17H19Cl2N3O/c1-3-15-16-7-4-11(2)21(16)8-9-22(15)17(23)20-14-10-12(18)5-6-13(14)19/h4-7,10,15H,3,8-9H2,1-2H3,(H,20,23)/t15-/m0/s1. The summed E-state index contributed by atoms with van der Waals surface area (Å²) < 4.78 is 2.28. The molecule has 3 rings (SSSR count). The number of carbonyl (C=O) groups excluding carboxylic acids is 1. The number of aromatic nitrogens is 1. The second-order valence-corrected chi connectivity index (χ2v) is 6.57. The Bertz CT molecular complexity index is 741. The number of nitrogens with zero attached hydrogens (tertiary/aromatic N) is 2. The van der Waals surface area contributed by atoms with Gasteiger partial charge < -0.3 is 14.8 Å². The number of rotatable bonds is 2. The van der Waals surface area contributed by atoms with Crippen molar-refractivity contribution in [2.75, 3.05) is 11.9 Å². The number of carbonyl (C=O) groups is 1. The van der Waals surface area contributed by atoms with Crippen LogP contribution < -0.4 is 5.32 Å². The Kier molecular flexibility index (Phi) is 4.55. The number of hydrogen-bond donors (Lipinski definition) is 1. The van der Waals surface area contributed by atoms with E-state index >= 15 is 0 Å². The van der Waals surface area contributed by atoms with Gasteiger partial charge in [-0.3, -0.25) is 0 Å². The Morgan fingerprint density at radius 2 is 2.04 bits per heavy atom. The van der Waals surface area contributed by atoms with Gasteiger partial charge in [-0.1, -0.05) is 30.1 Å². The van der Waals surface area contributed by atoms with Crippen LogP contribution in [0.3, 0.4) is 0 Å². The molecule has 122 valence electrons. The molecule has 0 bridgehead atoms. The molecular formula is C17H19Cl2N3O. The van der Waals surface area contributed by atoms with Crippen LogP contribution in [0.5, 0.6) is 0 Å². The maximum absolute atomic E-state index is 12.7. The first-order chi connectivity index (χ1) is 11.0. The van der Waals surface area contributed by atoms with Gasteiger partial charge in [-0.2, -0.15) is 0 Å². The van der Waals surface area contributed by atoms with Crippen LogP contribution in [-0.2, 0) is 6.54 Å². The number of amides is 2. The maximum atomic E-state index is 12.7. The Balaban J connectivity index is 1.83. The van der Waals surface area contributed by atoms with Crippen LogP contribution in [0, 0.1) is 6.92 Å². The summed E-state index contributed by atoms with van der Waals surface area (Å²) in [7, 11) is 0. The Morgan fingerprint density at radius 1 is 1.26 bits per heavy atom. The molecule has 0 saturated carbocycles. The van der Waals surface area contributed by atoms with Gasteiger partial charge in [-0.15, -0.1) is 0 Å². The van der Waals surface area contributed by atoms with Crippen molar-refractivity contribution in [3.05, 3.63) is 51.8 Å². The molecule has 0 unspecified atom stereocenters. The lowest BCUT2D eigenvalue weighted by molar-refractivity contribution is 0.165. The van der Waals surface area contributed by atoms with Crippen LogP contribution >= 0.6 is 23.2 Å². The number of urea groups is 1. The summed E-state index contributed by atoms with van der Waals surface area (Å²) in [6, 6.07) is 9.18. The minimum atomic E-state index is -0.147. The molecule has 2 aromatic rings. The summed E-state index contributed by atoms with van der Waals surface area (Å²) in [6.07, 6.45) is 0.861. The fraction of sp³-hybridized carbons (Fsp3) is 0.353. The highest BCUT2D eigenvalue weighted by Gasteiger charge is 2.30. The van der Waals surface area contributed by atoms with Crippen LogP contribution in [0.25, 0.3) is 0 Å². The molecule has 0 aliphatic carbocycles. The molecule has 2 heterocycles. The van der Waals surface area contributed by atoms with Crippen molar-refractivity contribution in [1.82, 2.24) is 9.47 Å². The second kappa shape index (κ2) is 6.46. The highest BCUT2D eigenvalue weighted by atomic mass is 35.5.